The average molecular weight is 486 g/mol. The van der Waals surface area contributed by atoms with E-state index in [9.17, 15) is 9.59 Å². The van der Waals surface area contributed by atoms with Crippen LogP contribution >= 0.6 is 22.7 Å². The predicted molar refractivity (Wildman–Crippen MR) is 126 cm³/mol. The standard InChI is InChI=1S/C23H23N3O5S2/c1-3-30-22(28)19-14(2)24-23-26(20(19)16-5-4-12-32-16)21(27)17(33-23)13-15-6-7-18(31-15)25-8-10-29-11-9-25/h4-7,12-13,20H,3,8-11H2,1-2H3/b17-13+/t20-/m1/s1. The van der Waals surface area contributed by atoms with Crippen molar-refractivity contribution in [1.82, 2.24) is 4.57 Å². The van der Waals surface area contributed by atoms with Crippen LogP contribution < -0.4 is 19.8 Å². The van der Waals surface area contributed by atoms with Gasteiger partial charge in [0.2, 0.25) is 0 Å². The fourth-order valence-electron chi connectivity index (χ4n) is 4.01. The lowest BCUT2D eigenvalue weighted by atomic mass is 10.0. The molecular weight excluding hydrogens is 462 g/mol. The zero-order chi connectivity index (χ0) is 22.9. The van der Waals surface area contributed by atoms with Crippen LogP contribution in [0.4, 0.5) is 5.88 Å². The maximum absolute atomic E-state index is 13.5. The van der Waals surface area contributed by atoms with Gasteiger partial charge in [-0.3, -0.25) is 9.36 Å². The van der Waals surface area contributed by atoms with Gasteiger partial charge < -0.3 is 18.8 Å². The molecule has 3 aromatic heterocycles. The molecule has 0 unspecified atom stereocenters. The zero-order valence-electron chi connectivity index (χ0n) is 18.3. The third-order valence-electron chi connectivity index (χ3n) is 5.54. The minimum Gasteiger partial charge on any atom is -0.463 e. The van der Waals surface area contributed by atoms with E-state index in [0.29, 0.717) is 39.6 Å². The van der Waals surface area contributed by atoms with Gasteiger partial charge in [0.25, 0.3) is 5.56 Å². The number of fused-ring (bicyclic) bond motifs is 1. The molecule has 8 nitrogen and oxygen atoms in total. The first kappa shape index (κ1) is 21.9. The summed E-state index contributed by atoms with van der Waals surface area (Å²) < 4.78 is 18.8. The second kappa shape index (κ2) is 9.12. The number of thiophene rings is 1. The molecule has 3 aromatic rings. The predicted octanol–water partition coefficient (Wildman–Crippen LogP) is 2.29. The molecular formula is C23H23N3O5S2. The summed E-state index contributed by atoms with van der Waals surface area (Å²) in [6, 6.07) is 7.03. The number of morpholine rings is 1. The van der Waals surface area contributed by atoms with Crippen LogP contribution in [-0.2, 0) is 14.3 Å². The highest BCUT2D eigenvalue weighted by Crippen LogP contribution is 2.33. The Morgan fingerprint density at radius 2 is 2.12 bits per heavy atom. The molecule has 0 aliphatic carbocycles. The molecule has 33 heavy (non-hydrogen) atoms. The van der Waals surface area contributed by atoms with Crippen LogP contribution in [0.15, 0.2) is 55.1 Å². The summed E-state index contributed by atoms with van der Waals surface area (Å²) in [6.07, 6.45) is 1.74. The van der Waals surface area contributed by atoms with Gasteiger partial charge in [0.05, 0.1) is 35.6 Å². The minimum absolute atomic E-state index is 0.212. The first-order valence-electron chi connectivity index (χ1n) is 10.7. The van der Waals surface area contributed by atoms with Gasteiger partial charge in [-0.25, -0.2) is 9.79 Å². The molecule has 0 saturated carbocycles. The van der Waals surface area contributed by atoms with Gasteiger partial charge in [0.15, 0.2) is 10.7 Å². The summed E-state index contributed by atoms with van der Waals surface area (Å²) in [4.78, 5) is 34.4. The van der Waals surface area contributed by atoms with Crippen LogP contribution in [0.1, 0.15) is 30.5 Å². The molecule has 0 aromatic carbocycles. The number of rotatable bonds is 5. The fraction of sp³-hybridized carbons (Fsp3) is 0.348. The van der Waals surface area contributed by atoms with Crippen molar-refractivity contribution in [2.24, 2.45) is 4.99 Å². The molecule has 0 bridgehead atoms. The van der Waals surface area contributed by atoms with Gasteiger partial charge in [-0.15, -0.1) is 11.3 Å². The third-order valence-corrected chi connectivity index (χ3v) is 7.45. The fourth-order valence-corrected chi connectivity index (χ4v) is 5.86. The van der Waals surface area contributed by atoms with Gasteiger partial charge >= 0.3 is 5.97 Å². The zero-order valence-corrected chi connectivity index (χ0v) is 19.9. The van der Waals surface area contributed by atoms with Crippen molar-refractivity contribution < 1.29 is 18.7 Å². The molecule has 1 fully saturated rings. The van der Waals surface area contributed by atoms with Gasteiger partial charge in [-0.05, 0) is 31.4 Å². The second-order valence-electron chi connectivity index (χ2n) is 7.59. The summed E-state index contributed by atoms with van der Waals surface area (Å²) in [5.74, 6) is 0.901. The first-order valence-corrected chi connectivity index (χ1v) is 12.4. The number of aromatic nitrogens is 1. The van der Waals surface area contributed by atoms with Crippen molar-refractivity contribution >= 4 is 40.6 Å². The van der Waals surface area contributed by atoms with Gasteiger partial charge in [0.1, 0.15) is 11.8 Å². The van der Waals surface area contributed by atoms with Crippen LogP contribution in [-0.4, -0.2) is 43.4 Å². The summed E-state index contributed by atoms with van der Waals surface area (Å²) >= 11 is 2.78. The third kappa shape index (κ3) is 4.09. The second-order valence-corrected chi connectivity index (χ2v) is 9.58. The smallest absolute Gasteiger partial charge is 0.338 e. The number of carbonyl (C=O) groups is 1. The molecule has 2 aliphatic heterocycles. The van der Waals surface area contributed by atoms with Crippen LogP contribution in [0.5, 0.6) is 0 Å². The Labute approximate surface area is 197 Å². The maximum Gasteiger partial charge on any atom is 0.338 e. The highest BCUT2D eigenvalue weighted by Gasteiger charge is 2.33. The van der Waals surface area contributed by atoms with Crippen LogP contribution in [0.3, 0.4) is 0 Å². The Morgan fingerprint density at radius 3 is 2.85 bits per heavy atom. The first-order chi connectivity index (χ1) is 16.1. The van der Waals surface area contributed by atoms with E-state index < -0.39 is 12.0 Å². The lowest BCUT2D eigenvalue weighted by Gasteiger charge is -2.26. The SMILES string of the molecule is CCOC(=O)C1=C(C)N=c2s/c(=C/c3ccc(N4CCOCC4)o3)c(=O)n2[C@@H]1c1cccs1. The highest BCUT2D eigenvalue weighted by molar-refractivity contribution is 7.10. The van der Waals surface area contributed by atoms with Crippen molar-refractivity contribution in [2.75, 3.05) is 37.8 Å². The molecule has 1 saturated heterocycles. The molecule has 0 N–H and O–H groups in total. The number of hydrogen-bond acceptors (Lipinski definition) is 9. The lowest BCUT2D eigenvalue weighted by Crippen LogP contribution is -2.39. The Hall–Kier alpha value is -2.95. The van der Waals surface area contributed by atoms with Crippen molar-refractivity contribution in [3.63, 3.8) is 0 Å². The summed E-state index contributed by atoms with van der Waals surface area (Å²) in [6.45, 7) is 6.67. The molecule has 0 spiro atoms. The largest absolute Gasteiger partial charge is 0.463 e. The van der Waals surface area contributed by atoms with Crippen LogP contribution in [0, 0.1) is 0 Å². The average Bonchev–Trinajstić information content (AvgIpc) is 3.56. The van der Waals surface area contributed by atoms with E-state index in [1.807, 2.05) is 29.6 Å². The van der Waals surface area contributed by atoms with E-state index in [1.165, 1.54) is 22.7 Å². The number of furan rings is 1. The van der Waals surface area contributed by atoms with E-state index in [4.69, 9.17) is 13.9 Å². The summed E-state index contributed by atoms with van der Waals surface area (Å²) in [7, 11) is 0. The summed E-state index contributed by atoms with van der Waals surface area (Å²) in [5.41, 5.74) is 0.744. The van der Waals surface area contributed by atoms with E-state index in [0.717, 1.165) is 23.9 Å². The normalized spacial score (nSPS) is 18.9. The number of esters is 1. The molecule has 0 amide bonds. The maximum atomic E-state index is 13.5. The Bertz CT molecular complexity index is 1370. The van der Waals surface area contributed by atoms with Gasteiger partial charge in [-0.2, -0.15) is 0 Å². The highest BCUT2D eigenvalue weighted by atomic mass is 32.1. The Balaban J connectivity index is 1.58. The molecule has 5 rings (SSSR count). The quantitative estimate of drug-likeness (QED) is 0.516. The van der Waals surface area contributed by atoms with E-state index in [1.54, 1.807) is 24.5 Å². The van der Waals surface area contributed by atoms with Crippen molar-refractivity contribution in [3.8, 4) is 0 Å². The topological polar surface area (TPSA) is 86.3 Å². The van der Waals surface area contributed by atoms with Crippen molar-refractivity contribution in [3.05, 3.63) is 71.2 Å². The van der Waals surface area contributed by atoms with Crippen molar-refractivity contribution in [2.45, 2.75) is 19.9 Å². The Kier molecular flexibility index (Phi) is 6.05. The minimum atomic E-state index is -0.567. The molecule has 5 heterocycles. The number of allylic oxidation sites excluding steroid dienone is 1. The molecule has 172 valence electrons. The van der Waals surface area contributed by atoms with E-state index in [2.05, 4.69) is 9.89 Å². The van der Waals surface area contributed by atoms with Gasteiger partial charge in [-0.1, -0.05) is 17.4 Å². The number of carbonyl (C=O) groups excluding carboxylic acids is 1. The van der Waals surface area contributed by atoms with E-state index >= 15 is 0 Å². The summed E-state index contributed by atoms with van der Waals surface area (Å²) in [5, 5.41) is 1.93. The number of ether oxygens (including phenoxy) is 2. The molecule has 1 atom stereocenters. The van der Waals surface area contributed by atoms with Crippen LogP contribution in [0.25, 0.3) is 6.08 Å². The number of nitrogens with zero attached hydrogens (tertiary/aromatic N) is 3. The number of thiazole rings is 1. The van der Waals surface area contributed by atoms with Crippen LogP contribution in [0.2, 0.25) is 0 Å². The van der Waals surface area contributed by atoms with E-state index in [-0.39, 0.29) is 12.2 Å². The molecule has 10 heteroatoms. The molecule has 0 radical (unpaired) electrons. The van der Waals surface area contributed by atoms with Crippen molar-refractivity contribution in [1.29, 1.82) is 0 Å². The number of hydrogen-bond donors (Lipinski definition) is 0. The molecule has 2 aliphatic rings. The number of anilines is 1. The monoisotopic (exact) mass is 485 g/mol. The lowest BCUT2D eigenvalue weighted by molar-refractivity contribution is -0.139. The van der Waals surface area contributed by atoms with Gasteiger partial charge in [0, 0.05) is 30.1 Å². The Morgan fingerprint density at radius 1 is 1.30 bits per heavy atom.